The topological polar surface area (TPSA) is 53.0 Å². The summed E-state index contributed by atoms with van der Waals surface area (Å²) in [5.41, 5.74) is 1.21. The van der Waals surface area contributed by atoms with Crippen LogP contribution < -0.4 is 4.74 Å². The summed E-state index contributed by atoms with van der Waals surface area (Å²) in [6.07, 6.45) is 2.00. The van der Waals surface area contributed by atoms with Crippen LogP contribution in [0.2, 0.25) is 0 Å². The van der Waals surface area contributed by atoms with Crippen molar-refractivity contribution in [2.75, 3.05) is 33.8 Å². The highest BCUT2D eigenvalue weighted by Crippen LogP contribution is 2.28. The Labute approximate surface area is 148 Å². The first-order valence-electron chi connectivity index (χ1n) is 8.77. The number of nitrogens with zero attached hydrogens (tertiary/aromatic N) is 2. The third-order valence-electron chi connectivity index (χ3n) is 5.11. The molecule has 1 fully saturated rings. The number of benzene rings is 2. The van der Waals surface area contributed by atoms with Crippen molar-refractivity contribution in [2.45, 2.75) is 25.4 Å². The lowest BCUT2D eigenvalue weighted by Gasteiger charge is -2.36. The molecule has 1 heterocycles. The van der Waals surface area contributed by atoms with Crippen LogP contribution in [0.25, 0.3) is 10.8 Å². The van der Waals surface area contributed by atoms with Gasteiger partial charge in [0.05, 0.1) is 13.7 Å². The van der Waals surface area contributed by atoms with Crippen LogP contribution in [0.4, 0.5) is 0 Å². The highest BCUT2D eigenvalue weighted by molar-refractivity contribution is 5.85. The summed E-state index contributed by atoms with van der Waals surface area (Å²) >= 11 is 0. The Morgan fingerprint density at radius 2 is 1.88 bits per heavy atom. The standard InChI is InChI=1S/C20H26N2O3/c1-21(14-20(23)24)18-7-9-22(10-8-18)13-17-11-15-5-3-4-6-16(15)12-19(17)25-2/h3-6,11-12,18H,7-10,13-14H2,1-2H3,(H,23,24). The molecule has 5 heteroatoms. The number of fused-ring (bicyclic) bond motifs is 1. The molecule has 0 atom stereocenters. The zero-order chi connectivity index (χ0) is 17.8. The lowest BCUT2D eigenvalue weighted by Crippen LogP contribution is -2.44. The molecule has 134 valence electrons. The van der Waals surface area contributed by atoms with Gasteiger partial charge in [-0.3, -0.25) is 14.6 Å². The van der Waals surface area contributed by atoms with E-state index in [1.165, 1.54) is 16.3 Å². The van der Waals surface area contributed by atoms with Crippen LogP contribution >= 0.6 is 0 Å². The Kier molecular flexibility index (Phi) is 5.56. The maximum atomic E-state index is 10.9. The van der Waals surface area contributed by atoms with E-state index in [0.717, 1.165) is 38.2 Å². The van der Waals surface area contributed by atoms with Crippen molar-refractivity contribution in [3.05, 3.63) is 42.0 Å². The van der Waals surface area contributed by atoms with Gasteiger partial charge < -0.3 is 9.84 Å². The van der Waals surface area contributed by atoms with Crippen molar-refractivity contribution in [2.24, 2.45) is 0 Å². The van der Waals surface area contributed by atoms with Gasteiger partial charge in [0, 0.05) is 18.2 Å². The minimum Gasteiger partial charge on any atom is -0.496 e. The van der Waals surface area contributed by atoms with E-state index in [0.29, 0.717) is 6.04 Å². The van der Waals surface area contributed by atoms with Gasteiger partial charge in [-0.05, 0) is 55.9 Å². The molecular weight excluding hydrogens is 316 g/mol. The Morgan fingerprint density at radius 1 is 1.24 bits per heavy atom. The van der Waals surface area contributed by atoms with E-state index >= 15 is 0 Å². The molecule has 2 aromatic rings. The molecule has 0 saturated carbocycles. The summed E-state index contributed by atoms with van der Waals surface area (Å²) in [5.74, 6) is 0.176. The van der Waals surface area contributed by atoms with Gasteiger partial charge in [-0.15, -0.1) is 0 Å². The summed E-state index contributed by atoms with van der Waals surface area (Å²) in [5, 5.41) is 11.4. The monoisotopic (exact) mass is 342 g/mol. The van der Waals surface area contributed by atoms with Crippen LogP contribution in [0, 0.1) is 0 Å². The summed E-state index contributed by atoms with van der Waals surface area (Å²) in [7, 11) is 3.63. The minimum atomic E-state index is -0.758. The molecule has 0 spiro atoms. The number of ether oxygens (including phenoxy) is 1. The van der Waals surface area contributed by atoms with Crippen LogP contribution in [0.3, 0.4) is 0 Å². The van der Waals surface area contributed by atoms with Crippen molar-refractivity contribution in [3.8, 4) is 5.75 Å². The number of likely N-dealkylation sites (tertiary alicyclic amines) is 1. The van der Waals surface area contributed by atoms with E-state index in [-0.39, 0.29) is 6.54 Å². The third-order valence-corrected chi connectivity index (χ3v) is 5.11. The maximum Gasteiger partial charge on any atom is 0.317 e. The Morgan fingerprint density at radius 3 is 2.48 bits per heavy atom. The van der Waals surface area contributed by atoms with E-state index < -0.39 is 5.97 Å². The van der Waals surface area contributed by atoms with Crippen molar-refractivity contribution in [3.63, 3.8) is 0 Å². The predicted octanol–water partition coefficient (Wildman–Crippen LogP) is 2.83. The van der Waals surface area contributed by atoms with E-state index in [1.807, 2.05) is 18.0 Å². The number of carbonyl (C=O) groups is 1. The number of carboxylic acid groups (broad SMARTS) is 1. The fourth-order valence-corrected chi connectivity index (χ4v) is 3.68. The first kappa shape index (κ1) is 17.7. The first-order chi connectivity index (χ1) is 12.1. The molecule has 1 N–H and O–H groups in total. The molecule has 1 aliphatic heterocycles. The quantitative estimate of drug-likeness (QED) is 0.875. The van der Waals surface area contributed by atoms with Crippen LogP contribution in [0.15, 0.2) is 36.4 Å². The normalized spacial score (nSPS) is 16.4. The molecule has 5 nitrogen and oxygen atoms in total. The third kappa shape index (κ3) is 4.30. The van der Waals surface area contributed by atoms with Gasteiger partial charge in [0.1, 0.15) is 5.75 Å². The highest BCUT2D eigenvalue weighted by atomic mass is 16.5. The van der Waals surface area contributed by atoms with Gasteiger partial charge in [0.2, 0.25) is 0 Å². The van der Waals surface area contributed by atoms with Crippen LogP contribution in [-0.2, 0) is 11.3 Å². The van der Waals surface area contributed by atoms with Gasteiger partial charge in [-0.25, -0.2) is 0 Å². The number of likely N-dealkylation sites (N-methyl/N-ethyl adjacent to an activating group) is 1. The fraction of sp³-hybridized carbons (Fsp3) is 0.450. The zero-order valence-corrected chi connectivity index (χ0v) is 14.9. The molecule has 1 aliphatic rings. The van der Waals surface area contributed by atoms with Gasteiger partial charge in [0.25, 0.3) is 0 Å². The summed E-state index contributed by atoms with van der Waals surface area (Å²) in [4.78, 5) is 15.3. The molecule has 25 heavy (non-hydrogen) atoms. The summed E-state index contributed by atoms with van der Waals surface area (Å²) < 4.78 is 5.60. The smallest absolute Gasteiger partial charge is 0.317 e. The maximum absolute atomic E-state index is 10.9. The molecule has 0 radical (unpaired) electrons. The zero-order valence-electron chi connectivity index (χ0n) is 14.9. The van der Waals surface area contributed by atoms with Crippen molar-refractivity contribution in [1.29, 1.82) is 0 Å². The SMILES string of the molecule is COc1cc2ccccc2cc1CN1CCC(N(C)CC(=O)O)CC1. The molecule has 0 bridgehead atoms. The number of aliphatic carboxylic acids is 1. The second kappa shape index (κ2) is 7.85. The Bertz CT molecular complexity index is 739. The second-order valence-electron chi connectivity index (χ2n) is 6.83. The number of hydrogen-bond donors (Lipinski definition) is 1. The summed E-state index contributed by atoms with van der Waals surface area (Å²) in [6.45, 7) is 2.93. The molecule has 0 aromatic heterocycles. The van der Waals surface area contributed by atoms with Gasteiger partial charge in [0.15, 0.2) is 0 Å². The van der Waals surface area contributed by atoms with Crippen LogP contribution in [-0.4, -0.2) is 60.7 Å². The molecule has 2 aromatic carbocycles. The molecular formula is C20H26N2O3. The fourth-order valence-electron chi connectivity index (χ4n) is 3.68. The molecule has 0 amide bonds. The first-order valence-corrected chi connectivity index (χ1v) is 8.77. The second-order valence-corrected chi connectivity index (χ2v) is 6.83. The number of piperidine rings is 1. The van der Waals surface area contributed by atoms with Crippen molar-refractivity contribution >= 4 is 16.7 Å². The lowest BCUT2D eigenvalue weighted by atomic mass is 10.0. The lowest BCUT2D eigenvalue weighted by molar-refractivity contribution is -0.138. The van der Waals surface area contributed by atoms with E-state index in [1.54, 1.807) is 7.11 Å². The van der Waals surface area contributed by atoms with Gasteiger partial charge in [-0.2, -0.15) is 0 Å². The van der Waals surface area contributed by atoms with Crippen molar-refractivity contribution in [1.82, 2.24) is 9.80 Å². The predicted molar refractivity (Wildman–Crippen MR) is 99.1 cm³/mol. The number of rotatable bonds is 6. The van der Waals surface area contributed by atoms with Gasteiger partial charge >= 0.3 is 5.97 Å². The number of methoxy groups -OCH3 is 1. The average molecular weight is 342 g/mol. The Hall–Kier alpha value is -2.11. The van der Waals surface area contributed by atoms with Crippen LogP contribution in [0.1, 0.15) is 18.4 Å². The summed E-state index contributed by atoms with van der Waals surface area (Å²) in [6, 6.07) is 13.0. The minimum absolute atomic E-state index is 0.114. The van der Waals surface area contributed by atoms with Crippen molar-refractivity contribution < 1.29 is 14.6 Å². The Balaban J connectivity index is 1.65. The highest BCUT2D eigenvalue weighted by Gasteiger charge is 2.24. The number of carboxylic acids is 1. The average Bonchev–Trinajstić information content (AvgIpc) is 2.61. The molecule has 0 aliphatic carbocycles. The van der Waals surface area contributed by atoms with E-state index in [9.17, 15) is 4.79 Å². The van der Waals surface area contributed by atoms with E-state index in [2.05, 4.69) is 35.2 Å². The van der Waals surface area contributed by atoms with Crippen LogP contribution in [0.5, 0.6) is 5.75 Å². The molecule has 0 unspecified atom stereocenters. The molecule has 3 rings (SSSR count). The van der Waals surface area contributed by atoms with E-state index in [4.69, 9.17) is 9.84 Å². The molecule has 1 saturated heterocycles. The number of hydrogen-bond acceptors (Lipinski definition) is 4. The van der Waals surface area contributed by atoms with Gasteiger partial charge in [-0.1, -0.05) is 24.3 Å². The largest absolute Gasteiger partial charge is 0.496 e.